The number of aromatic nitrogens is 2. The summed E-state index contributed by atoms with van der Waals surface area (Å²) in [5.41, 5.74) is 1.71. The van der Waals surface area contributed by atoms with Crippen molar-refractivity contribution in [3.05, 3.63) is 58.9 Å². The van der Waals surface area contributed by atoms with Crippen molar-refractivity contribution in [2.45, 2.75) is 16.1 Å². The molecular formula is C16H10ClFN2OS. The van der Waals surface area contributed by atoms with E-state index in [4.69, 9.17) is 11.6 Å². The Balaban J connectivity index is 2.12. The minimum atomic E-state index is -0.328. The van der Waals surface area contributed by atoms with Crippen LogP contribution < -0.4 is 5.69 Å². The molecule has 1 aromatic heterocycles. The van der Waals surface area contributed by atoms with Gasteiger partial charge in [-0.15, -0.1) is 23.4 Å². The molecule has 0 saturated carbocycles. The maximum absolute atomic E-state index is 14.2. The number of rotatable bonds is 1. The van der Waals surface area contributed by atoms with Crippen LogP contribution in [0.1, 0.15) is 0 Å². The van der Waals surface area contributed by atoms with E-state index in [1.165, 1.54) is 17.8 Å². The molecule has 3 nitrogen and oxygen atoms in total. The zero-order valence-electron chi connectivity index (χ0n) is 11.3. The van der Waals surface area contributed by atoms with Crippen molar-refractivity contribution in [1.82, 2.24) is 9.55 Å². The van der Waals surface area contributed by atoms with Crippen LogP contribution in [0.3, 0.4) is 0 Å². The van der Waals surface area contributed by atoms with Gasteiger partial charge in [0.15, 0.2) is 0 Å². The summed E-state index contributed by atoms with van der Waals surface area (Å²) in [5.74, 6) is -0.293. The predicted octanol–water partition coefficient (Wildman–Crippen LogP) is 3.87. The SMILES string of the molecule is O=c1ncc2ccc(-c3ccccc3F)c3c2n1CC(Cl)S3. The third-order valence-electron chi connectivity index (χ3n) is 3.71. The van der Waals surface area contributed by atoms with Crippen LogP contribution >= 0.6 is 23.4 Å². The van der Waals surface area contributed by atoms with Crippen molar-refractivity contribution >= 4 is 34.3 Å². The molecule has 22 heavy (non-hydrogen) atoms. The number of hydrogen-bond donors (Lipinski definition) is 0. The van der Waals surface area contributed by atoms with Gasteiger partial charge in [-0.3, -0.25) is 4.57 Å². The fourth-order valence-corrected chi connectivity index (χ4v) is 4.28. The minimum absolute atomic E-state index is 0.287. The van der Waals surface area contributed by atoms with E-state index in [0.29, 0.717) is 12.1 Å². The maximum Gasteiger partial charge on any atom is 0.348 e. The van der Waals surface area contributed by atoms with E-state index >= 15 is 0 Å². The minimum Gasteiger partial charge on any atom is -0.288 e. The number of hydrogen-bond acceptors (Lipinski definition) is 3. The van der Waals surface area contributed by atoms with Gasteiger partial charge in [0.1, 0.15) is 10.5 Å². The summed E-state index contributed by atoms with van der Waals surface area (Å²) in [7, 11) is 0. The first-order valence-corrected chi connectivity index (χ1v) is 8.05. The molecule has 0 bridgehead atoms. The summed E-state index contributed by atoms with van der Waals surface area (Å²) in [6, 6.07) is 10.3. The van der Waals surface area contributed by atoms with Crippen molar-refractivity contribution < 1.29 is 4.39 Å². The molecule has 2 aromatic carbocycles. The standard InChI is InChI=1S/C16H10ClFN2OS/c17-13-8-20-14-9(7-19-16(20)21)5-6-11(15(14)22-13)10-3-1-2-4-12(10)18/h1-7,13H,8H2. The highest BCUT2D eigenvalue weighted by atomic mass is 35.5. The summed E-state index contributed by atoms with van der Waals surface area (Å²) in [6.45, 7) is 0.392. The van der Waals surface area contributed by atoms with Gasteiger partial charge in [0, 0.05) is 27.6 Å². The van der Waals surface area contributed by atoms with Crippen LogP contribution in [0.15, 0.2) is 52.3 Å². The first kappa shape index (κ1) is 13.8. The first-order chi connectivity index (χ1) is 10.6. The molecule has 0 spiro atoms. The van der Waals surface area contributed by atoms with E-state index in [1.54, 1.807) is 29.0 Å². The molecule has 0 saturated heterocycles. The molecule has 1 aliphatic rings. The fourth-order valence-electron chi connectivity index (χ4n) is 2.75. The van der Waals surface area contributed by atoms with Crippen LogP contribution in [0.4, 0.5) is 4.39 Å². The Morgan fingerprint density at radius 3 is 2.86 bits per heavy atom. The molecular weight excluding hydrogens is 323 g/mol. The van der Waals surface area contributed by atoms with Gasteiger partial charge in [-0.1, -0.05) is 30.3 Å². The smallest absolute Gasteiger partial charge is 0.288 e. The highest BCUT2D eigenvalue weighted by Gasteiger charge is 2.24. The van der Waals surface area contributed by atoms with Crippen LogP contribution in [-0.2, 0) is 6.54 Å². The van der Waals surface area contributed by atoms with E-state index in [2.05, 4.69) is 4.98 Å². The second kappa shape index (κ2) is 5.11. The van der Waals surface area contributed by atoms with E-state index in [0.717, 1.165) is 21.4 Å². The van der Waals surface area contributed by atoms with Crippen molar-refractivity contribution in [2.75, 3.05) is 0 Å². The molecule has 1 atom stereocenters. The number of halogens is 2. The lowest BCUT2D eigenvalue weighted by molar-refractivity contribution is 0.631. The van der Waals surface area contributed by atoms with Gasteiger partial charge in [-0.25, -0.2) is 14.2 Å². The summed E-state index contributed by atoms with van der Waals surface area (Å²) >= 11 is 7.74. The monoisotopic (exact) mass is 332 g/mol. The molecule has 0 radical (unpaired) electrons. The Bertz CT molecular complexity index is 957. The quantitative estimate of drug-likeness (QED) is 0.634. The topological polar surface area (TPSA) is 34.9 Å². The highest BCUT2D eigenvalue weighted by Crippen LogP contribution is 2.43. The molecule has 0 amide bonds. The van der Waals surface area contributed by atoms with Gasteiger partial charge in [-0.05, 0) is 6.07 Å². The largest absolute Gasteiger partial charge is 0.348 e. The summed E-state index contributed by atoms with van der Waals surface area (Å²) in [4.78, 5) is 16.7. The molecule has 4 rings (SSSR count). The molecule has 6 heteroatoms. The molecule has 1 aliphatic heterocycles. The van der Waals surface area contributed by atoms with E-state index in [-0.39, 0.29) is 16.2 Å². The molecule has 2 heterocycles. The van der Waals surface area contributed by atoms with Crippen LogP contribution in [0, 0.1) is 5.82 Å². The number of nitrogens with zero attached hydrogens (tertiary/aromatic N) is 2. The van der Waals surface area contributed by atoms with Gasteiger partial charge in [0.25, 0.3) is 0 Å². The maximum atomic E-state index is 14.2. The van der Waals surface area contributed by atoms with Crippen molar-refractivity contribution in [3.8, 4) is 11.1 Å². The average molecular weight is 333 g/mol. The lowest BCUT2D eigenvalue weighted by atomic mass is 10.0. The van der Waals surface area contributed by atoms with Crippen molar-refractivity contribution in [3.63, 3.8) is 0 Å². The summed E-state index contributed by atoms with van der Waals surface area (Å²) < 4.78 is 15.4. The van der Waals surface area contributed by atoms with Crippen LogP contribution in [0.5, 0.6) is 0 Å². The molecule has 110 valence electrons. The Kier molecular flexibility index (Phi) is 3.20. The highest BCUT2D eigenvalue weighted by molar-refractivity contribution is 8.01. The molecule has 0 aliphatic carbocycles. The van der Waals surface area contributed by atoms with Gasteiger partial charge >= 0.3 is 5.69 Å². The Morgan fingerprint density at radius 1 is 1.23 bits per heavy atom. The second-order valence-corrected chi connectivity index (χ2v) is 7.04. The number of benzene rings is 2. The normalized spacial score (nSPS) is 16.9. The first-order valence-electron chi connectivity index (χ1n) is 6.73. The van der Waals surface area contributed by atoms with Crippen molar-refractivity contribution in [2.24, 2.45) is 0 Å². The molecule has 3 aromatic rings. The predicted molar refractivity (Wildman–Crippen MR) is 86.9 cm³/mol. The summed E-state index contributed by atoms with van der Waals surface area (Å²) in [5, 5.41) is 0.853. The number of alkyl halides is 1. The zero-order valence-corrected chi connectivity index (χ0v) is 12.9. The average Bonchev–Trinajstić information content (AvgIpc) is 2.51. The van der Waals surface area contributed by atoms with E-state index < -0.39 is 0 Å². The summed E-state index contributed by atoms with van der Waals surface area (Å²) in [6.07, 6.45) is 1.55. The third-order valence-corrected chi connectivity index (χ3v) is 5.17. The van der Waals surface area contributed by atoms with E-state index in [1.807, 2.05) is 12.1 Å². The Hall–Kier alpha value is -1.85. The Morgan fingerprint density at radius 2 is 2.05 bits per heavy atom. The molecule has 0 N–H and O–H groups in total. The Labute approximate surface area is 134 Å². The lowest BCUT2D eigenvalue weighted by Gasteiger charge is -2.24. The second-order valence-electron chi connectivity index (χ2n) is 5.04. The van der Waals surface area contributed by atoms with Crippen LogP contribution in [-0.4, -0.2) is 14.3 Å². The fraction of sp³-hybridized carbons (Fsp3) is 0.125. The van der Waals surface area contributed by atoms with Gasteiger partial charge in [0.05, 0.1) is 12.1 Å². The number of thioether (sulfide) groups is 1. The molecule has 1 unspecified atom stereocenters. The lowest BCUT2D eigenvalue weighted by Crippen LogP contribution is -2.28. The van der Waals surface area contributed by atoms with Crippen molar-refractivity contribution in [1.29, 1.82) is 0 Å². The van der Waals surface area contributed by atoms with Gasteiger partial charge in [-0.2, -0.15) is 0 Å². The van der Waals surface area contributed by atoms with E-state index in [9.17, 15) is 9.18 Å². The van der Waals surface area contributed by atoms with Crippen LogP contribution in [0.25, 0.3) is 22.0 Å². The van der Waals surface area contributed by atoms with Crippen LogP contribution in [0.2, 0.25) is 0 Å². The van der Waals surface area contributed by atoms with Gasteiger partial charge in [0.2, 0.25) is 0 Å². The zero-order chi connectivity index (χ0) is 15.3. The van der Waals surface area contributed by atoms with Gasteiger partial charge < -0.3 is 0 Å². The molecule has 0 fully saturated rings. The third kappa shape index (κ3) is 2.04.